The highest BCUT2D eigenvalue weighted by molar-refractivity contribution is 5.96. The number of nitrogens with one attached hydrogen (secondary N) is 1. The van der Waals surface area contributed by atoms with Crippen LogP contribution in [0.5, 0.6) is 0 Å². The first-order valence-electron chi connectivity index (χ1n) is 8.47. The Kier molecular flexibility index (Phi) is 5.49. The first kappa shape index (κ1) is 18.6. The van der Waals surface area contributed by atoms with Crippen LogP contribution in [0, 0.1) is 5.82 Å². The van der Waals surface area contributed by atoms with E-state index in [1.54, 1.807) is 17.0 Å². The lowest BCUT2D eigenvalue weighted by Gasteiger charge is -2.17. The molecule has 0 aliphatic carbocycles. The quantitative estimate of drug-likeness (QED) is 0.819. The summed E-state index contributed by atoms with van der Waals surface area (Å²) in [6.45, 7) is 0.665. The summed E-state index contributed by atoms with van der Waals surface area (Å²) in [5.41, 5.74) is 1.44. The van der Waals surface area contributed by atoms with Gasteiger partial charge in [-0.25, -0.2) is 9.18 Å². The minimum absolute atomic E-state index is 0.0920. The van der Waals surface area contributed by atoms with Gasteiger partial charge in [0.25, 0.3) is 5.91 Å². The van der Waals surface area contributed by atoms with Gasteiger partial charge in [-0.05, 0) is 42.0 Å². The molecule has 0 unspecified atom stereocenters. The highest BCUT2D eigenvalue weighted by Crippen LogP contribution is 2.16. The third-order valence-corrected chi connectivity index (χ3v) is 4.38. The van der Waals surface area contributed by atoms with Crippen molar-refractivity contribution in [1.29, 1.82) is 0 Å². The second-order valence-corrected chi connectivity index (χ2v) is 6.35. The van der Waals surface area contributed by atoms with E-state index in [1.807, 2.05) is 0 Å². The lowest BCUT2D eigenvalue weighted by atomic mass is 10.1. The van der Waals surface area contributed by atoms with Gasteiger partial charge in [-0.3, -0.25) is 9.59 Å². The number of rotatable bonds is 5. The number of carbonyl (C=O) groups excluding carboxylic acids is 3. The van der Waals surface area contributed by atoms with Crippen molar-refractivity contribution >= 4 is 17.8 Å². The van der Waals surface area contributed by atoms with Crippen LogP contribution in [-0.2, 0) is 16.1 Å². The molecule has 0 spiro atoms. The number of methoxy groups -OCH3 is 1. The van der Waals surface area contributed by atoms with Crippen LogP contribution in [0.4, 0.5) is 4.39 Å². The lowest BCUT2D eigenvalue weighted by Crippen LogP contribution is -2.37. The molecule has 2 amide bonds. The Bertz CT molecular complexity index is 867. The summed E-state index contributed by atoms with van der Waals surface area (Å²) in [5.74, 6) is -1.24. The van der Waals surface area contributed by atoms with E-state index in [0.717, 1.165) is 0 Å². The predicted molar refractivity (Wildman–Crippen MR) is 95.5 cm³/mol. The number of esters is 1. The molecular weight excluding hydrogens is 351 g/mol. The fraction of sp³-hybridized carbons (Fsp3) is 0.250. The Hall–Kier alpha value is -3.22. The number of benzene rings is 2. The van der Waals surface area contributed by atoms with E-state index < -0.39 is 5.97 Å². The number of hydrogen-bond acceptors (Lipinski definition) is 4. The Morgan fingerprint density at radius 1 is 1.19 bits per heavy atom. The van der Waals surface area contributed by atoms with Crippen LogP contribution in [0.1, 0.15) is 32.7 Å². The topological polar surface area (TPSA) is 75.7 Å². The fourth-order valence-electron chi connectivity index (χ4n) is 3.02. The first-order valence-corrected chi connectivity index (χ1v) is 8.47. The Labute approximate surface area is 155 Å². The number of amides is 2. The highest BCUT2D eigenvalue weighted by atomic mass is 19.1. The van der Waals surface area contributed by atoms with Crippen molar-refractivity contribution in [2.45, 2.75) is 19.0 Å². The van der Waals surface area contributed by atoms with Gasteiger partial charge in [0.1, 0.15) is 5.82 Å². The van der Waals surface area contributed by atoms with Crippen molar-refractivity contribution in [3.05, 3.63) is 71.0 Å². The summed E-state index contributed by atoms with van der Waals surface area (Å²) >= 11 is 0. The molecule has 1 aliphatic heterocycles. The molecule has 0 bridgehead atoms. The van der Waals surface area contributed by atoms with Crippen LogP contribution in [0.15, 0.2) is 48.5 Å². The minimum atomic E-state index is -0.476. The van der Waals surface area contributed by atoms with E-state index in [0.29, 0.717) is 29.8 Å². The average Bonchev–Trinajstić information content (AvgIpc) is 3.00. The van der Waals surface area contributed by atoms with E-state index in [-0.39, 0.29) is 30.1 Å². The van der Waals surface area contributed by atoms with Crippen LogP contribution in [0.3, 0.4) is 0 Å². The number of halogens is 1. The van der Waals surface area contributed by atoms with Gasteiger partial charge >= 0.3 is 5.97 Å². The molecule has 1 fully saturated rings. The van der Waals surface area contributed by atoms with Gasteiger partial charge in [-0.1, -0.05) is 12.1 Å². The molecule has 1 aliphatic rings. The fourth-order valence-corrected chi connectivity index (χ4v) is 3.02. The van der Waals surface area contributed by atoms with E-state index in [9.17, 15) is 18.8 Å². The third-order valence-electron chi connectivity index (χ3n) is 4.38. The third kappa shape index (κ3) is 4.49. The average molecular weight is 370 g/mol. The lowest BCUT2D eigenvalue weighted by molar-refractivity contribution is -0.128. The van der Waals surface area contributed by atoms with E-state index >= 15 is 0 Å². The van der Waals surface area contributed by atoms with Crippen molar-refractivity contribution in [3.63, 3.8) is 0 Å². The van der Waals surface area contributed by atoms with Gasteiger partial charge in [-0.2, -0.15) is 0 Å². The Morgan fingerprint density at radius 3 is 2.56 bits per heavy atom. The van der Waals surface area contributed by atoms with E-state index in [2.05, 4.69) is 10.1 Å². The molecule has 0 saturated carbocycles. The van der Waals surface area contributed by atoms with Crippen LogP contribution in [0.25, 0.3) is 0 Å². The van der Waals surface area contributed by atoms with Crippen molar-refractivity contribution in [1.82, 2.24) is 10.2 Å². The molecule has 6 nitrogen and oxygen atoms in total. The second kappa shape index (κ2) is 7.99. The number of ether oxygens (including phenoxy) is 1. The normalized spacial score (nSPS) is 16.3. The molecule has 1 atom stereocenters. The number of hydrogen-bond donors (Lipinski definition) is 1. The number of nitrogens with zero attached hydrogens (tertiary/aromatic N) is 1. The molecular formula is C20H19FN2O4. The summed E-state index contributed by atoms with van der Waals surface area (Å²) in [6.07, 6.45) is 0.196. The molecule has 1 saturated heterocycles. The zero-order valence-electron chi connectivity index (χ0n) is 14.8. The predicted octanol–water partition coefficient (Wildman–Crippen LogP) is 2.14. The molecule has 7 heteroatoms. The number of carbonyl (C=O) groups is 3. The van der Waals surface area contributed by atoms with E-state index in [1.165, 1.54) is 43.5 Å². The largest absolute Gasteiger partial charge is 0.465 e. The molecule has 1 N–H and O–H groups in total. The molecule has 0 aromatic heterocycles. The van der Waals surface area contributed by atoms with Crippen molar-refractivity contribution < 1.29 is 23.5 Å². The SMILES string of the molecule is COC(=O)c1ccc(C(=O)N[C@H]2CC(=O)N(Cc3cccc(F)c3)C2)cc1. The zero-order valence-corrected chi connectivity index (χ0v) is 14.8. The van der Waals surface area contributed by atoms with Gasteiger partial charge < -0.3 is 15.0 Å². The van der Waals surface area contributed by atoms with Crippen LogP contribution in [0.2, 0.25) is 0 Å². The molecule has 27 heavy (non-hydrogen) atoms. The summed E-state index contributed by atoms with van der Waals surface area (Å²) in [4.78, 5) is 37.6. The molecule has 1 heterocycles. The number of likely N-dealkylation sites (tertiary alicyclic amines) is 1. The molecule has 2 aromatic carbocycles. The van der Waals surface area contributed by atoms with Gasteiger partial charge in [0.15, 0.2) is 0 Å². The smallest absolute Gasteiger partial charge is 0.337 e. The van der Waals surface area contributed by atoms with Gasteiger partial charge in [0, 0.05) is 25.1 Å². The van der Waals surface area contributed by atoms with Gasteiger partial charge in [0.05, 0.1) is 18.7 Å². The van der Waals surface area contributed by atoms with Crippen LogP contribution >= 0.6 is 0 Å². The Morgan fingerprint density at radius 2 is 1.89 bits per heavy atom. The van der Waals surface area contributed by atoms with Crippen molar-refractivity contribution in [2.24, 2.45) is 0 Å². The standard InChI is InChI=1S/C20H19FN2O4/c1-27-20(26)15-7-5-14(6-8-15)19(25)22-17-10-18(24)23(12-17)11-13-3-2-4-16(21)9-13/h2-9,17H,10-12H2,1H3,(H,22,25)/t17-/m0/s1. The monoisotopic (exact) mass is 370 g/mol. The van der Waals surface area contributed by atoms with Crippen molar-refractivity contribution in [2.75, 3.05) is 13.7 Å². The molecule has 0 radical (unpaired) electrons. The van der Waals surface area contributed by atoms with Crippen LogP contribution in [-0.4, -0.2) is 42.4 Å². The summed E-state index contributed by atoms with van der Waals surface area (Å²) < 4.78 is 17.9. The second-order valence-electron chi connectivity index (χ2n) is 6.35. The molecule has 3 rings (SSSR count). The van der Waals surface area contributed by atoms with Gasteiger partial charge in [-0.15, -0.1) is 0 Å². The maximum absolute atomic E-state index is 13.3. The Balaban J connectivity index is 1.59. The summed E-state index contributed by atoms with van der Waals surface area (Å²) in [6, 6.07) is 11.9. The van der Waals surface area contributed by atoms with E-state index in [4.69, 9.17) is 0 Å². The maximum atomic E-state index is 13.3. The van der Waals surface area contributed by atoms with Crippen LogP contribution < -0.4 is 5.32 Å². The highest BCUT2D eigenvalue weighted by Gasteiger charge is 2.30. The molecule has 2 aromatic rings. The summed E-state index contributed by atoms with van der Waals surface area (Å²) in [5, 5.41) is 2.82. The maximum Gasteiger partial charge on any atom is 0.337 e. The zero-order chi connectivity index (χ0) is 19.4. The minimum Gasteiger partial charge on any atom is -0.465 e. The molecule has 140 valence electrons. The summed E-state index contributed by atoms with van der Waals surface area (Å²) in [7, 11) is 1.29. The first-order chi connectivity index (χ1) is 13.0. The van der Waals surface area contributed by atoms with Gasteiger partial charge in [0.2, 0.25) is 5.91 Å². The van der Waals surface area contributed by atoms with Crippen molar-refractivity contribution in [3.8, 4) is 0 Å².